The van der Waals surface area contributed by atoms with E-state index in [2.05, 4.69) is 41.8 Å². The van der Waals surface area contributed by atoms with E-state index >= 15 is 0 Å². The summed E-state index contributed by atoms with van der Waals surface area (Å²) in [7, 11) is 0. The number of carbonyl (C=O) groups excluding carboxylic acids is 2. The number of para-hydroxylation sites is 1. The first-order valence-corrected chi connectivity index (χ1v) is 10.5. The third-order valence-electron chi connectivity index (χ3n) is 6.57. The molecule has 0 bridgehead atoms. The highest BCUT2D eigenvalue weighted by Crippen LogP contribution is 2.44. The van der Waals surface area contributed by atoms with Gasteiger partial charge >= 0.3 is 6.03 Å². The van der Waals surface area contributed by atoms with E-state index in [1.807, 2.05) is 30.3 Å². The summed E-state index contributed by atoms with van der Waals surface area (Å²) in [4.78, 5) is 24.5. The summed E-state index contributed by atoms with van der Waals surface area (Å²) in [6.45, 7) is 6.73. The number of urea groups is 1. The van der Waals surface area contributed by atoms with Crippen molar-refractivity contribution in [3.63, 3.8) is 0 Å². The van der Waals surface area contributed by atoms with E-state index in [1.54, 1.807) is 16.8 Å². The van der Waals surface area contributed by atoms with Crippen LogP contribution < -0.4 is 21.7 Å². The van der Waals surface area contributed by atoms with Gasteiger partial charge in [0.15, 0.2) is 0 Å². The first-order chi connectivity index (χ1) is 14.8. The number of primary amides is 1. The molecule has 0 spiro atoms. The van der Waals surface area contributed by atoms with Gasteiger partial charge in [0.2, 0.25) is 0 Å². The van der Waals surface area contributed by atoms with Crippen molar-refractivity contribution in [1.29, 1.82) is 0 Å². The van der Waals surface area contributed by atoms with Crippen LogP contribution in [0.2, 0.25) is 0 Å². The number of aromatic nitrogens is 2. The van der Waals surface area contributed by atoms with Crippen molar-refractivity contribution in [2.24, 2.45) is 17.1 Å². The van der Waals surface area contributed by atoms with Crippen molar-refractivity contribution in [3.8, 4) is 0 Å². The Bertz CT molecular complexity index is 1120. The number of anilines is 3. The van der Waals surface area contributed by atoms with Gasteiger partial charge in [0.1, 0.15) is 0 Å². The minimum atomic E-state index is -0.543. The summed E-state index contributed by atoms with van der Waals surface area (Å²) in [5, 5.41) is 13.5. The Morgan fingerprint density at radius 1 is 1.13 bits per heavy atom. The van der Waals surface area contributed by atoms with Gasteiger partial charge < -0.3 is 21.7 Å². The Balaban J connectivity index is 1.63. The Morgan fingerprint density at radius 2 is 1.84 bits per heavy atom. The largest absolute Gasteiger partial charge is 0.379 e. The van der Waals surface area contributed by atoms with Gasteiger partial charge in [0.05, 0.1) is 34.8 Å². The van der Waals surface area contributed by atoms with Gasteiger partial charge in [-0.3, -0.25) is 4.79 Å². The molecule has 5 N–H and O–H groups in total. The van der Waals surface area contributed by atoms with E-state index in [-0.39, 0.29) is 17.5 Å². The summed E-state index contributed by atoms with van der Waals surface area (Å²) < 4.78 is 1.64. The van der Waals surface area contributed by atoms with E-state index < -0.39 is 5.91 Å². The summed E-state index contributed by atoms with van der Waals surface area (Å²) in [5.41, 5.74) is 8.62. The molecule has 162 valence electrons. The van der Waals surface area contributed by atoms with Gasteiger partial charge in [-0.1, -0.05) is 39.0 Å². The average Bonchev–Trinajstić information content (AvgIpc) is 3.23. The maximum absolute atomic E-state index is 12.4. The molecular weight excluding hydrogens is 392 g/mol. The zero-order valence-electron chi connectivity index (χ0n) is 18.0. The van der Waals surface area contributed by atoms with Crippen LogP contribution >= 0.6 is 0 Å². The molecule has 0 saturated heterocycles. The van der Waals surface area contributed by atoms with E-state index in [1.165, 1.54) is 6.20 Å². The molecule has 2 aromatic heterocycles. The maximum Gasteiger partial charge on any atom is 0.323 e. The number of nitrogens with two attached hydrogens (primary N) is 1. The fourth-order valence-corrected chi connectivity index (χ4v) is 4.22. The molecule has 3 aromatic rings. The predicted molar refractivity (Wildman–Crippen MR) is 122 cm³/mol. The molecule has 1 saturated carbocycles. The van der Waals surface area contributed by atoms with Crippen molar-refractivity contribution in [2.45, 2.75) is 39.7 Å². The normalized spacial score (nSPS) is 19.8. The molecule has 2 heterocycles. The van der Waals surface area contributed by atoms with Crippen LogP contribution in [0, 0.1) is 11.3 Å². The second-order valence-electron chi connectivity index (χ2n) is 8.80. The number of benzene rings is 1. The van der Waals surface area contributed by atoms with E-state index in [0.717, 1.165) is 12.8 Å². The molecule has 1 aromatic carbocycles. The molecule has 1 aliphatic carbocycles. The maximum atomic E-state index is 12.4. The first-order valence-electron chi connectivity index (χ1n) is 10.5. The van der Waals surface area contributed by atoms with Crippen LogP contribution in [-0.2, 0) is 0 Å². The van der Waals surface area contributed by atoms with Crippen LogP contribution in [0.15, 0.2) is 48.8 Å². The van der Waals surface area contributed by atoms with E-state index in [4.69, 9.17) is 5.73 Å². The Hall–Kier alpha value is -3.55. The highest BCUT2D eigenvalue weighted by molar-refractivity contribution is 6.04. The quantitative estimate of drug-likeness (QED) is 0.492. The topological polar surface area (TPSA) is 114 Å². The van der Waals surface area contributed by atoms with Gasteiger partial charge in [-0.25, -0.2) is 9.31 Å². The van der Waals surface area contributed by atoms with Crippen LogP contribution in [0.4, 0.5) is 21.9 Å². The third-order valence-corrected chi connectivity index (χ3v) is 6.57. The van der Waals surface area contributed by atoms with Crippen molar-refractivity contribution < 1.29 is 9.59 Å². The summed E-state index contributed by atoms with van der Waals surface area (Å²) in [5.74, 6) is 0.0180. The van der Waals surface area contributed by atoms with Crippen LogP contribution in [0.3, 0.4) is 0 Å². The number of fused-ring (bicyclic) bond motifs is 1. The lowest BCUT2D eigenvalue weighted by atomic mass is 9.80. The number of nitrogens with zero attached hydrogens (tertiary/aromatic N) is 2. The lowest BCUT2D eigenvalue weighted by Gasteiger charge is -2.33. The number of amides is 3. The molecule has 1 aliphatic rings. The summed E-state index contributed by atoms with van der Waals surface area (Å²) in [6, 6.07) is 10.8. The fraction of sp³-hybridized carbons (Fsp3) is 0.348. The smallest absolute Gasteiger partial charge is 0.323 e. The molecule has 1 fully saturated rings. The lowest BCUT2D eigenvalue weighted by molar-refractivity contribution is 0.100. The molecule has 0 radical (unpaired) electrons. The molecule has 8 nitrogen and oxygen atoms in total. The molecule has 8 heteroatoms. The number of hydrogen-bond donors (Lipinski definition) is 4. The van der Waals surface area contributed by atoms with Crippen molar-refractivity contribution in [3.05, 3.63) is 54.4 Å². The van der Waals surface area contributed by atoms with Crippen molar-refractivity contribution in [1.82, 2.24) is 9.61 Å². The second kappa shape index (κ2) is 7.94. The molecule has 2 atom stereocenters. The predicted octanol–water partition coefficient (Wildman–Crippen LogP) is 4.31. The first kappa shape index (κ1) is 20.7. The standard InChI is InChI=1S/C23H28N6O2/c1-14-9-10-19(23(14,2)3)28-20-17(21(24)30)12-25-29-13-16(11-18(20)29)27-22(31)26-15-7-5-4-6-8-15/h4-8,11-14,19,28H,9-10H2,1-3H3,(H2,24,30)(H2,26,27,31). The monoisotopic (exact) mass is 420 g/mol. The minimum Gasteiger partial charge on any atom is -0.379 e. The number of nitrogens with one attached hydrogen (secondary N) is 3. The zero-order chi connectivity index (χ0) is 22.2. The molecule has 0 aliphatic heterocycles. The molecular formula is C23H28N6O2. The van der Waals surface area contributed by atoms with E-state index in [0.29, 0.717) is 34.1 Å². The van der Waals surface area contributed by atoms with Gasteiger partial charge in [0, 0.05) is 11.7 Å². The van der Waals surface area contributed by atoms with Gasteiger partial charge in [-0.05, 0) is 42.4 Å². The SMILES string of the molecule is CC1CCC(Nc2c(C(N)=O)cnn3cc(NC(=O)Nc4ccccc4)cc23)C1(C)C. The third kappa shape index (κ3) is 4.05. The number of carbonyl (C=O) groups is 2. The average molecular weight is 421 g/mol. The van der Waals surface area contributed by atoms with Crippen LogP contribution in [0.25, 0.3) is 5.52 Å². The van der Waals surface area contributed by atoms with Crippen LogP contribution in [-0.4, -0.2) is 27.6 Å². The summed E-state index contributed by atoms with van der Waals surface area (Å²) in [6.07, 6.45) is 5.30. The van der Waals surface area contributed by atoms with Crippen molar-refractivity contribution in [2.75, 3.05) is 16.0 Å². The van der Waals surface area contributed by atoms with E-state index in [9.17, 15) is 9.59 Å². The van der Waals surface area contributed by atoms with Crippen LogP contribution in [0.1, 0.15) is 44.0 Å². The van der Waals surface area contributed by atoms with Crippen molar-refractivity contribution >= 4 is 34.5 Å². The molecule has 3 amide bonds. The minimum absolute atomic E-state index is 0.0679. The number of rotatable bonds is 5. The lowest BCUT2D eigenvalue weighted by Crippen LogP contribution is -2.35. The Labute approximate surface area is 181 Å². The van der Waals surface area contributed by atoms with Gasteiger partial charge in [-0.2, -0.15) is 5.10 Å². The van der Waals surface area contributed by atoms with Gasteiger partial charge in [0.25, 0.3) is 5.91 Å². The Kier molecular flexibility index (Phi) is 5.31. The fourth-order valence-electron chi connectivity index (χ4n) is 4.22. The summed E-state index contributed by atoms with van der Waals surface area (Å²) >= 11 is 0. The number of hydrogen-bond acceptors (Lipinski definition) is 4. The molecule has 2 unspecified atom stereocenters. The Morgan fingerprint density at radius 3 is 2.48 bits per heavy atom. The second-order valence-corrected chi connectivity index (χ2v) is 8.80. The zero-order valence-corrected chi connectivity index (χ0v) is 18.0. The van der Waals surface area contributed by atoms with Crippen LogP contribution in [0.5, 0.6) is 0 Å². The molecule has 4 rings (SSSR count). The highest BCUT2D eigenvalue weighted by atomic mass is 16.2. The highest BCUT2D eigenvalue weighted by Gasteiger charge is 2.41. The van der Waals surface area contributed by atoms with Gasteiger partial charge in [-0.15, -0.1) is 0 Å². The molecule has 31 heavy (non-hydrogen) atoms.